The number of aryl methyl sites for hydroxylation is 4. The second kappa shape index (κ2) is 14.4. The molecule has 8 heteroatoms. The van der Waals surface area contributed by atoms with Crippen LogP contribution in [0.2, 0.25) is 0 Å². The van der Waals surface area contributed by atoms with E-state index in [1.165, 1.54) is 33.8 Å². The molecule has 2 heterocycles. The van der Waals surface area contributed by atoms with Crippen molar-refractivity contribution in [2.45, 2.75) is 92.2 Å². The molecular formula is C34H38N4O2S2. The van der Waals surface area contributed by atoms with E-state index in [1.807, 2.05) is 9.13 Å². The van der Waals surface area contributed by atoms with Gasteiger partial charge in [-0.15, -0.1) is 12.8 Å². The van der Waals surface area contributed by atoms with Crippen LogP contribution >= 0.6 is 22.7 Å². The van der Waals surface area contributed by atoms with Crippen molar-refractivity contribution in [3.05, 3.63) is 56.1 Å². The first kappa shape index (κ1) is 31.2. The number of carbonyl (C=O) groups is 2. The van der Waals surface area contributed by atoms with Crippen LogP contribution in [0.3, 0.4) is 0 Å². The van der Waals surface area contributed by atoms with Crippen LogP contribution in [0, 0.1) is 52.4 Å². The van der Waals surface area contributed by atoms with Crippen molar-refractivity contribution in [2.24, 2.45) is 9.98 Å². The number of benzene rings is 2. The predicted octanol–water partition coefficient (Wildman–Crippen LogP) is 6.89. The van der Waals surface area contributed by atoms with Gasteiger partial charge in [0.1, 0.15) is 0 Å². The summed E-state index contributed by atoms with van der Waals surface area (Å²) >= 11 is 3.05. The van der Waals surface area contributed by atoms with E-state index < -0.39 is 0 Å². The molecule has 0 saturated carbocycles. The number of amides is 2. The van der Waals surface area contributed by atoms with Gasteiger partial charge in [0.05, 0.1) is 33.5 Å². The summed E-state index contributed by atoms with van der Waals surface area (Å²) in [6, 6.07) is 8.47. The van der Waals surface area contributed by atoms with Gasteiger partial charge in [0.15, 0.2) is 9.60 Å². The topological polar surface area (TPSA) is 68.7 Å². The molecule has 4 aromatic rings. The zero-order valence-corrected chi connectivity index (χ0v) is 26.6. The van der Waals surface area contributed by atoms with E-state index in [1.54, 1.807) is 0 Å². The number of nitrogens with zero attached hydrogens (tertiary/aromatic N) is 4. The lowest BCUT2D eigenvalue weighted by molar-refractivity contribution is -0.119. The number of hydrogen-bond donors (Lipinski definition) is 0. The highest BCUT2D eigenvalue weighted by molar-refractivity contribution is 7.17. The Morgan fingerprint density at radius 1 is 0.667 bits per heavy atom. The molecule has 0 aliphatic heterocycles. The summed E-state index contributed by atoms with van der Waals surface area (Å²) in [5.41, 5.74) is 6.73. The fourth-order valence-electron chi connectivity index (χ4n) is 5.27. The first-order chi connectivity index (χ1) is 20.2. The minimum absolute atomic E-state index is 0.109. The molecule has 0 saturated heterocycles. The van der Waals surface area contributed by atoms with Gasteiger partial charge in [-0.25, -0.2) is 0 Å². The standard InChI is InChI=1S/C34H38N4O2S2/c1-7-17-37-27-21-23(3)19-25(5)31(27)41-33(37)35-29(39)15-13-11-9-10-12-14-16-30(40)36-34-38(18-8-2)28-22-24(4)20-26(6)32(28)42-34/h1-2,19-22H,9-18H2,3-6H3. The number of fused-ring (bicyclic) bond motifs is 2. The number of terminal acetylenes is 2. The number of rotatable bonds is 11. The Morgan fingerprint density at radius 2 is 1.05 bits per heavy atom. The molecule has 0 unspecified atom stereocenters. The summed E-state index contributed by atoms with van der Waals surface area (Å²) < 4.78 is 6.16. The maximum absolute atomic E-state index is 12.6. The highest BCUT2D eigenvalue weighted by Gasteiger charge is 2.12. The molecular weight excluding hydrogens is 561 g/mol. The fourth-order valence-corrected chi connectivity index (χ4v) is 7.46. The van der Waals surface area contributed by atoms with E-state index in [4.69, 9.17) is 12.8 Å². The normalized spacial score (nSPS) is 12.2. The molecule has 0 N–H and O–H groups in total. The molecule has 42 heavy (non-hydrogen) atoms. The quantitative estimate of drug-likeness (QED) is 0.139. The molecule has 0 aliphatic carbocycles. The van der Waals surface area contributed by atoms with E-state index in [-0.39, 0.29) is 11.8 Å². The molecule has 0 atom stereocenters. The van der Waals surface area contributed by atoms with E-state index in [9.17, 15) is 9.59 Å². The zero-order valence-electron chi connectivity index (χ0n) is 25.0. The number of hydrogen-bond acceptors (Lipinski definition) is 4. The molecule has 0 fully saturated rings. The minimum Gasteiger partial charge on any atom is -0.305 e. The van der Waals surface area contributed by atoms with Crippen molar-refractivity contribution in [3.8, 4) is 24.7 Å². The summed E-state index contributed by atoms with van der Waals surface area (Å²) in [5, 5.41) is 0. The molecule has 2 aromatic heterocycles. The Hall–Kier alpha value is -3.72. The van der Waals surface area contributed by atoms with Gasteiger partial charge < -0.3 is 9.13 Å². The van der Waals surface area contributed by atoms with Gasteiger partial charge in [0.2, 0.25) is 11.8 Å². The van der Waals surface area contributed by atoms with Crippen LogP contribution in [-0.2, 0) is 22.7 Å². The van der Waals surface area contributed by atoms with Crippen LogP contribution in [0.4, 0.5) is 0 Å². The molecule has 4 rings (SSSR count). The zero-order chi connectivity index (χ0) is 30.2. The van der Waals surface area contributed by atoms with Gasteiger partial charge in [-0.1, -0.05) is 72.3 Å². The fraction of sp³-hybridized carbons (Fsp3) is 0.412. The van der Waals surface area contributed by atoms with Gasteiger partial charge in [0.25, 0.3) is 0 Å². The third-order valence-electron chi connectivity index (χ3n) is 7.20. The van der Waals surface area contributed by atoms with Crippen LogP contribution < -0.4 is 9.60 Å². The van der Waals surface area contributed by atoms with Crippen molar-refractivity contribution < 1.29 is 9.59 Å². The first-order valence-electron chi connectivity index (χ1n) is 14.4. The maximum atomic E-state index is 12.6. The van der Waals surface area contributed by atoms with Crippen LogP contribution in [0.5, 0.6) is 0 Å². The van der Waals surface area contributed by atoms with E-state index in [0.29, 0.717) is 35.5 Å². The van der Waals surface area contributed by atoms with Crippen molar-refractivity contribution in [1.29, 1.82) is 0 Å². The molecule has 0 bridgehead atoms. The van der Waals surface area contributed by atoms with Crippen LogP contribution in [0.1, 0.15) is 73.6 Å². The molecule has 2 aromatic carbocycles. The summed E-state index contributed by atoms with van der Waals surface area (Å²) in [5.74, 6) is 5.16. The SMILES string of the molecule is C#CCn1c(=NC(=O)CCCCCCCCC(=O)N=c2sc3c(C)cc(C)cc3n2CC#C)sc2c(C)cc(C)cc21. The highest BCUT2D eigenvalue weighted by atomic mass is 32.1. The Bertz CT molecular complexity index is 1710. The summed E-state index contributed by atoms with van der Waals surface area (Å²) in [4.78, 5) is 35.4. The van der Waals surface area contributed by atoms with E-state index in [0.717, 1.165) is 70.1 Å². The molecule has 6 nitrogen and oxygen atoms in total. The summed E-state index contributed by atoms with van der Waals surface area (Å²) in [7, 11) is 0. The molecule has 0 spiro atoms. The Balaban J connectivity index is 1.23. The van der Waals surface area contributed by atoms with E-state index >= 15 is 0 Å². The predicted molar refractivity (Wildman–Crippen MR) is 174 cm³/mol. The van der Waals surface area contributed by atoms with Crippen LogP contribution in [0.25, 0.3) is 20.4 Å². The third-order valence-corrected chi connectivity index (χ3v) is 9.66. The third kappa shape index (κ3) is 7.56. The van der Waals surface area contributed by atoms with Gasteiger partial charge in [0, 0.05) is 12.8 Å². The number of carbonyl (C=O) groups excluding carboxylic acids is 2. The van der Waals surface area contributed by atoms with E-state index in [2.05, 4.69) is 73.8 Å². The molecule has 2 amide bonds. The largest absolute Gasteiger partial charge is 0.305 e. The number of unbranched alkanes of at least 4 members (excludes halogenated alkanes) is 5. The van der Waals surface area contributed by atoms with Gasteiger partial charge in [-0.05, 0) is 74.9 Å². The Labute approximate surface area is 255 Å². The molecule has 0 aliphatic rings. The second-order valence-electron chi connectivity index (χ2n) is 10.8. The Morgan fingerprint density at radius 3 is 1.43 bits per heavy atom. The minimum atomic E-state index is -0.109. The van der Waals surface area contributed by atoms with Gasteiger partial charge >= 0.3 is 0 Å². The first-order valence-corrected chi connectivity index (χ1v) is 16.1. The highest BCUT2D eigenvalue weighted by Crippen LogP contribution is 2.24. The van der Waals surface area contributed by atoms with Gasteiger partial charge in [-0.3, -0.25) is 9.59 Å². The molecule has 218 valence electrons. The van der Waals surface area contributed by atoms with Crippen LogP contribution in [-0.4, -0.2) is 20.9 Å². The van der Waals surface area contributed by atoms with Gasteiger partial charge in [-0.2, -0.15) is 9.98 Å². The summed E-state index contributed by atoms with van der Waals surface area (Å²) in [6.07, 6.45) is 17.6. The van der Waals surface area contributed by atoms with Crippen molar-refractivity contribution in [3.63, 3.8) is 0 Å². The molecule has 0 radical (unpaired) electrons. The second-order valence-corrected chi connectivity index (χ2v) is 12.8. The Kier molecular flexibility index (Phi) is 10.7. The van der Waals surface area contributed by atoms with Crippen molar-refractivity contribution >= 4 is 54.9 Å². The number of aromatic nitrogens is 2. The van der Waals surface area contributed by atoms with Crippen molar-refractivity contribution in [2.75, 3.05) is 0 Å². The van der Waals surface area contributed by atoms with Crippen LogP contribution in [0.15, 0.2) is 34.3 Å². The lowest BCUT2D eigenvalue weighted by Gasteiger charge is -2.03. The average Bonchev–Trinajstić information content (AvgIpc) is 3.44. The summed E-state index contributed by atoms with van der Waals surface area (Å²) in [6.45, 7) is 9.04. The average molecular weight is 599 g/mol. The maximum Gasteiger partial charge on any atom is 0.248 e. The lowest BCUT2D eigenvalue weighted by Crippen LogP contribution is -2.16. The van der Waals surface area contributed by atoms with Crippen molar-refractivity contribution in [1.82, 2.24) is 9.13 Å². The lowest BCUT2D eigenvalue weighted by atomic mass is 10.1. The smallest absolute Gasteiger partial charge is 0.248 e. The monoisotopic (exact) mass is 598 g/mol. The number of thiazole rings is 2.